The second-order valence-electron chi connectivity index (χ2n) is 6.94. The largest absolute Gasteiger partial charge is 0.332 e. The molecule has 2 heterocycles. The standard InChI is InChI=1S/C17H20N2O3S/c1-11-2-3-13-15(8-11)23-7-6-18-16(20)9-14-12(10-19(21)22)4-5-17(13,14)18/h2-3,8,12,14H,4-7,9-10H2,1H3/t12-,14-,17-/m0/s1. The van der Waals surface area contributed by atoms with Crippen LogP contribution in [0, 0.1) is 28.9 Å². The predicted octanol–water partition coefficient (Wildman–Crippen LogP) is 2.83. The fourth-order valence-corrected chi connectivity index (χ4v) is 6.10. The molecule has 2 fully saturated rings. The molecule has 3 aliphatic rings. The lowest BCUT2D eigenvalue weighted by molar-refractivity contribution is -0.489. The molecule has 0 N–H and O–H groups in total. The summed E-state index contributed by atoms with van der Waals surface area (Å²) in [5, 5.41) is 11.0. The van der Waals surface area contributed by atoms with Crippen molar-refractivity contribution in [2.75, 3.05) is 18.8 Å². The van der Waals surface area contributed by atoms with E-state index in [1.165, 1.54) is 16.0 Å². The molecule has 6 heteroatoms. The van der Waals surface area contributed by atoms with Crippen LogP contribution in [0.4, 0.5) is 0 Å². The minimum absolute atomic E-state index is 0.0104. The summed E-state index contributed by atoms with van der Waals surface area (Å²) in [5.74, 6) is 1.17. The first-order valence-corrected chi connectivity index (χ1v) is 9.17. The quantitative estimate of drug-likeness (QED) is 0.617. The summed E-state index contributed by atoms with van der Waals surface area (Å²) in [5.41, 5.74) is 2.15. The number of thioether (sulfide) groups is 1. The van der Waals surface area contributed by atoms with E-state index in [0.29, 0.717) is 6.42 Å². The first kappa shape index (κ1) is 15.0. The van der Waals surface area contributed by atoms with Crippen LogP contribution in [-0.2, 0) is 10.3 Å². The molecule has 1 spiro atoms. The molecular weight excluding hydrogens is 312 g/mol. The Balaban J connectivity index is 1.85. The smallest absolute Gasteiger partial charge is 0.223 e. The van der Waals surface area contributed by atoms with Crippen molar-refractivity contribution in [2.45, 2.75) is 36.6 Å². The molecule has 23 heavy (non-hydrogen) atoms. The minimum Gasteiger partial charge on any atom is -0.332 e. The molecular formula is C17H20N2O3S. The molecule has 1 saturated heterocycles. The average Bonchev–Trinajstić information content (AvgIpc) is 2.89. The van der Waals surface area contributed by atoms with Crippen molar-refractivity contribution in [2.24, 2.45) is 11.8 Å². The van der Waals surface area contributed by atoms with Gasteiger partial charge in [0.2, 0.25) is 12.5 Å². The van der Waals surface area contributed by atoms with Crippen LogP contribution in [-0.4, -0.2) is 34.6 Å². The molecule has 0 radical (unpaired) electrons. The summed E-state index contributed by atoms with van der Waals surface area (Å²) in [6.07, 6.45) is 2.17. The Morgan fingerprint density at radius 3 is 3.09 bits per heavy atom. The Kier molecular flexibility index (Phi) is 3.41. The summed E-state index contributed by atoms with van der Waals surface area (Å²) in [4.78, 5) is 26.8. The lowest BCUT2D eigenvalue weighted by Crippen LogP contribution is -2.45. The number of benzene rings is 1. The van der Waals surface area contributed by atoms with E-state index in [2.05, 4.69) is 25.1 Å². The van der Waals surface area contributed by atoms with Crippen LogP contribution >= 0.6 is 11.8 Å². The van der Waals surface area contributed by atoms with E-state index in [-0.39, 0.29) is 34.7 Å². The van der Waals surface area contributed by atoms with Crippen molar-refractivity contribution >= 4 is 17.7 Å². The van der Waals surface area contributed by atoms with Crippen LogP contribution in [0.5, 0.6) is 0 Å². The highest BCUT2D eigenvalue weighted by molar-refractivity contribution is 7.99. The van der Waals surface area contributed by atoms with E-state index < -0.39 is 0 Å². The van der Waals surface area contributed by atoms with Crippen LogP contribution in [0.1, 0.15) is 30.4 Å². The average molecular weight is 332 g/mol. The van der Waals surface area contributed by atoms with Gasteiger partial charge in [-0.05, 0) is 37.0 Å². The summed E-state index contributed by atoms with van der Waals surface area (Å²) in [7, 11) is 0. The number of rotatable bonds is 2. The highest BCUT2D eigenvalue weighted by Gasteiger charge is 2.61. The Morgan fingerprint density at radius 1 is 1.48 bits per heavy atom. The van der Waals surface area contributed by atoms with Gasteiger partial charge in [-0.1, -0.05) is 12.1 Å². The van der Waals surface area contributed by atoms with Gasteiger partial charge in [-0.2, -0.15) is 0 Å². The van der Waals surface area contributed by atoms with Gasteiger partial charge in [-0.25, -0.2) is 0 Å². The molecule has 3 atom stereocenters. The lowest BCUT2D eigenvalue weighted by Gasteiger charge is -2.39. The molecule has 1 amide bonds. The van der Waals surface area contributed by atoms with Crippen molar-refractivity contribution in [1.82, 2.24) is 4.90 Å². The van der Waals surface area contributed by atoms with E-state index in [9.17, 15) is 14.9 Å². The van der Waals surface area contributed by atoms with E-state index in [4.69, 9.17) is 0 Å². The maximum absolute atomic E-state index is 12.6. The third-order valence-corrected chi connectivity index (χ3v) is 6.85. The SMILES string of the molecule is Cc1ccc2c(c1)SCCN1C(=O)C[C@H]3[C@H](C[N+](=O)[O-])CC[C@]231. The van der Waals surface area contributed by atoms with Gasteiger partial charge < -0.3 is 4.90 Å². The van der Waals surface area contributed by atoms with Gasteiger partial charge in [0.15, 0.2) is 0 Å². The van der Waals surface area contributed by atoms with E-state index in [1.807, 2.05) is 16.7 Å². The van der Waals surface area contributed by atoms with Gasteiger partial charge in [0.25, 0.3) is 0 Å². The minimum atomic E-state index is -0.301. The third kappa shape index (κ3) is 2.11. The Morgan fingerprint density at radius 2 is 2.30 bits per heavy atom. The molecule has 0 aromatic heterocycles. The Bertz CT molecular complexity index is 692. The van der Waals surface area contributed by atoms with E-state index in [1.54, 1.807) is 0 Å². The predicted molar refractivity (Wildman–Crippen MR) is 88.0 cm³/mol. The highest BCUT2D eigenvalue weighted by Crippen LogP contribution is 2.59. The number of nitro groups is 1. The zero-order valence-corrected chi connectivity index (χ0v) is 14.0. The summed E-state index contributed by atoms with van der Waals surface area (Å²) >= 11 is 1.81. The van der Waals surface area contributed by atoms with Crippen LogP contribution in [0.15, 0.2) is 23.1 Å². The van der Waals surface area contributed by atoms with Crippen molar-refractivity contribution in [1.29, 1.82) is 0 Å². The first-order valence-electron chi connectivity index (χ1n) is 8.18. The topological polar surface area (TPSA) is 63.5 Å². The summed E-state index contributed by atoms with van der Waals surface area (Å²) < 4.78 is 0. The fourth-order valence-electron chi connectivity index (χ4n) is 4.94. The van der Waals surface area contributed by atoms with Gasteiger partial charge in [0, 0.05) is 40.4 Å². The molecule has 1 aromatic carbocycles. The Hall–Kier alpha value is -1.56. The maximum Gasteiger partial charge on any atom is 0.223 e. The monoisotopic (exact) mass is 332 g/mol. The first-order chi connectivity index (χ1) is 11.0. The van der Waals surface area contributed by atoms with Crippen LogP contribution in [0.25, 0.3) is 0 Å². The molecule has 5 nitrogen and oxygen atoms in total. The van der Waals surface area contributed by atoms with Crippen LogP contribution in [0.3, 0.4) is 0 Å². The molecule has 1 saturated carbocycles. The zero-order chi connectivity index (χ0) is 16.2. The van der Waals surface area contributed by atoms with Crippen molar-refractivity contribution in [3.05, 3.63) is 39.4 Å². The molecule has 0 unspecified atom stereocenters. The molecule has 4 rings (SSSR count). The fraction of sp³-hybridized carbons (Fsp3) is 0.588. The number of amides is 1. The Labute approximate surface area is 139 Å². The number of hydrogen-bond donors (Lipinski definition) is 0. The zero-order valence-electron chi connectivity index (χ0n) is 13.2. The third-order valence-electron chi connectivity index (χ3n) is 5.82. The van der Waals surface area contributed by atoms with E-state index in [0.717, 1.165) is 25.1 Å². The number of hydrogen-bond acceptors (Lipinski definition) is 4. The molecule has 1 aromatic rings. The lowest BCUT2D eigenvalue weighted by atomic mass is 9.78. The van der Waals surface area contributed by atoms with Crippen molar-refractivity contribution in [3.8, 4) is 0 Å². The van der Waals surface area contributed by atoms with E-state index >= 15 is 0 Å². The van der Waals surface area contributed by atoms with Crippen molar-refractivity contribution in [3.63, 3.8) is 0 Å². The molecule has 0 bridgehead atoms. The van der Waals surface area contributed by atoms with Gasteiger partial charge in [-0.3, -0.25) is 14.9 Å². The molecule has 2 aliphatic heterocycles. The molecule has 1 aliphatic carbocycles. The van der Waals surface area contributed by atoms with Crippen molar-refractivity contribution < 1.29 is 9.72 Å². The number of fused-ring (bicyclic) bond motifs is 1. The number of nitrogens with zero attached hydrogens (tertiary/aromatic N) is 2. The summed E-state index contributed by atoms with van der Waals surface area (Å²) in [6, 6.07) is 6.48. The van der Waals surface area contributed by atoms with Gasteiger partial charge in [-0.15, -0.1) is 11.8 Å². The number of aryl methyl sites for hydroxylation is 1. The summed E-state index contributed by atoms with van der Waals surface area (Å²) in [6.45, 7) is 2.82. The van der Waals surface area contributed by atoms with Crippen LogP contribution in [0.2, 0.25) is 0 Å². The van der Waals surface area contributed by atoms with Gasteiger partial charge in [0.05, 0.1) is 5.54 Å². The number of carbonyl (C=O) groups excluding carboxylic acids is 1. The normalized spacial score (nSPS) is 32.2. The highest BCUT2D eigenvalue weighted by atomic mass is 32.2. The number of carbonyl (C=O) groups is 1. The second-order valence-corrected chi connectivity index (χ2v) is 8.08. The van der Waals surface area contributed by atoms with Gasteiger partial charge >= 0.3 is 0 Å². The molecule has 122 valence electrons. The van der Waals surface area contributed by atoms with Crippen LogP contribution < -0.4 is 0 Å². The second kappa shape index (κ2) is 5.23. The van der Waals surface area contributed by atoms with Gasteiger partial charge in [0.1, 0.15) is 0 Å². The maximum atomic E-state index is 12.6.